The van der Waals surface area contributed by atoms with E-state index in [0.717, 1.165) is 10.6 Å². The number of Topliss-reactive ketones (excluding diaryl/α,β-unsaturated/α-hetero) is 1. The average Bonchev–Trinajstić information content (AvgIpc) is 2.78. The second-order valence-corrected chi connectivity index (χ2v) is 5.34. The van der Waals surface area contributed by atoms with Crippen molar-refractivity contribution < 1.29 is 4.79 Å². The summed E-state index contributed by atoms with van der Waals surface area (Å²) >= 11 is 2.70. The zero-order valence-electron chi connectivity index (χ0n) is 9.10. The number of nitrogens with zero attached hydrogens (tertiary/aromatic N) is 1. The Morgan fingerprint density at radius 3 is 3.06 bits per heavy atom. The quantitative estimate of drug-likeness (QED) is 0.523. The highest BCUT2D eigenvalue weighted by Crippen LogP contribution is 2.18. The second-order valence-electron chi connectivity index (χ2n) is 3.40. The highest BCUT2D eigenvalue weighted by atomic mass is 32.2. The number of nitrogens with one attached hydrogen (secondary N) is 1. The summed E-state index contributed by atoms with van der Waals surface area (Å²) < 4.78 is 0. The van der Waals surface area contributed by atoms with E-state index in [1.807, 2.05) is 11.4 Å². The van der Waals surface area contributed by atoms with Crippen LogP contribution in [0.2, 0.25) is 0 Å². The van der Waals surface area contributed by atoms with E-state index >= 15 is 0 Å². The second kappa shape index (κ2) is 5.29. The number of H-pyrrole nitrogens is 1. The third-order valence-electron chi connectivity index (χ3n) is 2.00. The predicted octanol–water partition coefficient (Wildman–Crippen LogP) is 2.11. The molecule has 2 rings (SSSR count). The lowest BCUT2D eigenvalue weighted by Gasteiger charge is -1.99. The van der Waals surface area contributed by atoms with Crippen molar-refractivity contribution in [2.24, 2.45) is 0 Å². The van der Waals surface area contributed by atoms with Crippen molar-refractivity contribution in [1.82, 2.24) is 9.97 Å². The minimum absolute atomic E-state index is 0.0599. The van der Waals surface area contributed by atoms with Crippen molar-refractivity contribution in [2.45, 2.75) is 11.9 Å². The van der Waals surface area contributed by atoms with Gasteiger partial charge in [-0.25, -0.2) is 4.79 Å². The molecule has 0 saturated carbocycles. The number of thioether (sulfide) groups is 1. The van der Waals surface area contributed by atoms with Gasteiger partial charge in [-0.2, -0.15) is 4.98 Å². The molecule has 0 amide bonds. The maximum Gasteiger partial charge on any atom is 0.346 e. The normalized spacial score (nSPS) is 10.4. The highest BCUT2D eigenvalue weighted by molar-refractivity contribution is 7.99. The summed E-state index contributed by atoms with van der Waals surface area (Å²) in [5.41, 5.74) is 0.368. The number of hydrogen-bond acceptors (Lipinski definition) is 5. The highest BCUT2D eigenvalue weighted by Gasteiger charge is 2.08. The van der Waals surface area contributed by atoms with Crippen molar-refractivity contribution in [3.8, 4) is 0 Å². The van der Waals surface area contributed by atoms with Gasteiger partial charge in [-0.15, -0.1) is 11.3 Å². The Bertz CT molecular complexity index is 575. The Morgan fingerprint density at radius 2 is 2.41 bits per heavy atom. The van der Waals surface area contributed by atoms with Crippen LogP contribution in [0.3, 0.4) is 0 Å². The van der Waals surface area contributed by atoms with E-state index in [2.05, 4.69) is 9.97 Å². The van der Waals surface area contributed by atoms with E-state index in [4.69, 9.17) is 0 Å². The van der Waals surface area contributed by atoms with Crippen molar-refractivity contribution in [3.63, 3.8) is 0 Å². The molecule has 2 aromatic rings. The van der Waals surface area contributed by atoms with Crippen molar-refractivity contribution in [3.05, 3.63) is 44.6 Å². The molecule has 88 valence electrons. The Labute approximate surface area is 106 Å². The van der Waals surface area contributed by atoms with Crippen LogP contribution in [-0.4, -0.2) is 21.5 Å². The fraction of sp³-hybridized carbons (Fsp3) is 0.182. The fourth-order valence-electron chi connectivity index (χ4n) is 1.27. The lowest BCUT2D eigenvalue weighted by Crippen LogP contribution is -2.12. The summed E-state index contributed by atoms with van der Waals surface area (Å²) in [7, 11) is 0. The number of hydrogen-bond donors (Lipinski definition) is 1. The molecule has 17 heavy (non-hydrogen) atoms. The van der Waals surface area contributed by atoms with Gasteiger partial charge < -0.3 is 4.98 Å². The molecule has 0 saturated heterocycles. The fourth-order valence-corrected chi connectivity index (χ4v) is 2.87. The number of aryl methyl sites for hydroxylation is 1. The number of ketones is 1. The van der Waals surface area contributed by atoms with Gasteiger partial charge in [0.15, 0.2) is 5.78 Å². The molecular weight excluding hydrogens is 256 g/mol. The lowest BCUT2D eigenvalue weighted by atomic mass is 10.4. The van der Waals surface area contributed by atoms with Crippen LogP contribution in [-0.2, 0) is 0 Å². The van der Waals surface area contributed by atoms with Crippen LogP contribution in [0.15, 0.2) is 33.4 Å². The van der Waals surface area contributed by atoms with Crippen LogP contribution in [0.4, 0.5) is 0 Å². The molecule has 4 nitrogen and oxygen atoms in total. The van der Waals surface area contributed by atoms with Crippen LogP contribution < -0.4 is 5.69 Å². The topological polar surface area (TPSA) is 62.8 Å². The summed E-state index contributed by atoms with van der Waals surface area (Å²) in [5.74, 6) is 0.362. The van der Waals surface area contributed by atoms with E-state index < -0.39 is 0 Å². The number of aromatic nitrogens is 2. The van der Waals surface area contributed by atoms with Crippen LogP contribution in [0.25, 0.3) is 0 Å². The Hall–Kier alpha value is -1.40. The maximum atomic E-state index is 11.7. The molecule has 1 N–H and O–H groups in total. The standard InChI is InChI=1S/C11H10N2O2S2/c1-7-5-10(13-11(15)12-7)17-6-8(14)9-3-2-4-16-9/h2-5H,6H2,1H3,(H,12,13,15). The molecule has 2 heterocycles. The first-order valence-electron chi connectivity index (χ1n) is 4.92. The molecule has 0 aliphatic carbocycles. The molecule has 0 aliphatic heterocycles. The summed E-state index contributed by atoms with van der Waals surface area (Å²) in [4.78, 5) is 29.9. The van der Waals surface area contributed by atoms with Crippen LogP contribution in [0.5, 0.6) is 0 Å². The molecule has 0 fully saturated rings. The van der Waals surface area contributed by atoms with Gasteiger partial charge in [0, 0.05) is 5.69 Å². The average molecular weight is 266 g/mol. The molecule has 2 aromatic heterocycles. The minimum Gasteiger partial charge on any atom is -0.310 e. The van der Waals surface area contributed by atoms with E-state index in [0.29, 0.717) is 10.8 Å². The van der Waals surface area contributed by atoms with Gasteiger partial charge in [0.25, 0.3) is 0 Å². The van der Waals surface area contributed by atoms with E-state index in [9.17, 15) is 9.59 Å². The monoisotopic (exact) mass is 266 g/mol. The molecule has 0 aromatic carbocycles. The minimum atomic E-state index is -0.379. The van der Waals surface area contributed by atoms with Crippen molar-refractivity contribution in [2.75, 3.05) is 5.75 Å². The van der Waals surface area contributed by atoms with E-state index in [-0.39, 0.29) is 11.5 Å². The Morgan fingerprint density at radius 1 is 1.59 bits per heavy atom. The van der Waals surface area contributed by atoms with Gasteiger partial charge in [0.2, 0.25) is 0 Å². The number of thiophene rings is 1. The number of aromatic amines is 1. The maximum absolute atomic E-state index is 11.7. The van der Waals surface area contributed by atoms with Gasteiger partial charge >= 0.3 is 5.69 Å². The number of rotatable bonds is 4. The Kier molecular flexibility index (Phi) is 3.75. The number of carbonyl (C=O) groups is 1. The molecule has 6 heteroatoms. The van der Waals surface area contributed by atoms with E-state index in [1.165, 1.54) is 23.1 Å². The van der Waals surface area contributed by atoms with Crippen LogP contribution in [0.1, 0.15) is 15.4 Å². The summed E-state index contributed by atoms with van der Waals surface area (Å²) in [6.45, 7) is 1.79. The third kappa shape index (κ3) is 3.28. The smallest absolute Gasteiger partial charge is 0.310 e. The first-order chi connectivity index (χ1) is 8.15. The molecule has 0 spiro atoms. The Balaban J connectivity index is 2.03. The molecule has 0 atom stereocenters. The van der Waals surface area contributed by atoms with Crippen LogP contribution in [0, 0.1) is 6.92 Å². The van der Waals surface area contributed by atoms with Gasteiger partial charge in [0.05, 0.1) is 10.6 Å². The van der Waals surface area contributed by atoms with E-state index in [1.54, 1.807) is 19.1 Å². The number of carbonyl (C=O) groups excluding carboxylic acids is 1. The SMILES string of the molecule is Cc1cc(SCC(=O)c2cccs2)nc(=O)[nH]1. The molecule has 0 radical (unpaired) electrons. The van der Waals surface area contributed by atoms with Crippen molar-refractivity contribution >= 4 is 28.9 Å². The van der Waals surface area contributed by atoms with Crippen molar-refractivity contribution in [1.29, 1.82) is 0 Å². The molecule has 0 unspecified atom stereocenters. The van der Waals surface area contributed by atoms with Gasteiger partial charge in [-0.1, -0.05) is 17.8 Å². The molecular formula is C11H10N2O2S2. The summed E-state index contributed by atoms with van der Waals surface area (Å²) in [5, 5.41) is 2.45. The molecule has 0 aliphatic rings. The van der Waals surface area contributed by atoms with Crippen LogP contribution >= 0.6 is 23.1 Å². The van der Waals surface area contributed by atoms with Gasteiger partial charge in [0.1, 0.15) is 5.03 Å². The van der Waals surface area contributed by atoms with Gasteiger partial charge in [-0.3, -0.25) is 4.79 Å². The first kappa shape index (κ1) is 12.1. The summed E-state index contributed by atoms with van der Waals surface area (Å²) in [6.07, 6.45) is 0. The zero-order valence-corrected chi connectivity index (χ0v) is 10.7. The predicted molar refractivity (Wildman–Crippen MR) is 69.0 cm³/mol. The first-order valence-corrected chi connectivity index (χ1v) is 6.79. The lowest BCUT2D eigenvalue weighted by molar-refractivity contribution is 0.102. The third-order valence-corrected chi connectivity index (χ3v) is 3.83. The summed E-state index contributed by atoms with van der Waals surface area (Å²) in [6, 6.07) is 5.40. The van der Waals surface area contributed by atoms with Gasteiger partial charge in [-0.05, 0) is 24.4 Å². The molecule has 0 bridgehead atoms. The zero-order chi connectivity index (χ0) is 12.3. The largest absolute Gasteiger partial charge is 0.346 e.